The van der Waals surface area contributed by atoms with E-state index in [-0.39, 0.29) is 31.8 Å². The molecular formula is C49H81NO6. The molecule has 0 saturated carbocycles. The maximum absolute atomic E-state index is 13.1. The molecule has 0 radical (unpaired) electrons. The number of unbranched alkanes of at least 4 members (excludes halogenated alkanes) is 22. The first-order chi connectivity index (χ1) is 27.4. The molecule has 7 heteroatoms. The number of allylic oxidation sites excluding steroid dienone is 4. The van der Waals surface area contributed by atoms with E-state index in [2.05, 4.69) is 43.5 Å². The Kier molecular flexibility index (Phi) is 34.1. The largest absolute Gasteiger partial charge is 0.393 e. The van der Waals surface area contributed by atoms with Gasteiger partial charge in [-0.15, -0.1) is 0 Å². The van der Waals surface area contributed by atoms with Gasteiger partial charge in [0.1, 0.15) is 0 Å². The normalized spacial score (nSPS) is 12.6. The van der Waals surface area contributed by atoms with Gasteiger partial charge in [-0.25, -0.2) is 0 Å². The Morgan fingerprint density at radius 1 is 0.518 bits per heavy atom. The highest BCUT2D eigenvalue weighted by molar-refractivity contribution is 5.91. The molecule has 318 valence electrons. The molecule has 1 aromatic carbocycles. The summed E-state index contributed by atoms with van der Waals surface area (Å²) in [5.41, 5.74) is 1.03. The van der Waals surface area contributed by atoms with E-state index in [0.717, 1.165) is 69.8 Å². The van der Waals surface area contributed by atoms with Crippen LogP contribution in [0, 0.1) is 5.92 Å². The average molecular weight is 780 g/mol. The zero-order valence-corrected chi connectivity index (χ0v) is 36.0. The van der Waals surface area contributed by atoms with Gasteiger partial charge >= 0.3 is 23.9 Å². The van der Waals surface area contributed by atoms with Crippen LogP contribution in [-0.4, -0.2) is 30.4 Å². The number of nitrogens with one attached hydrogen (secondary N) is 1. The summed E-state index contributed by atoms with van der Waals surface area (Å²) in [7, 11) is 0. The quantitative estimate of drug-likeness (QED) is 0.0311. The van der Waals surface area contributed by atoms with E-state index in [1.807, 2.05) is 37.3 Å². The first-order valence-electron chi connectivity index (χ1n) is 22.9. The number of carbonyl (C=O) groups is 4. The molecule has 0 aromatic heterocycles. The topological polar surface area (TPSA) is 98.8 Å². The van der Waals surface area contributed by atoms with E-state index in [0.29, 0.717) is 12.8 Å². The average Bonchev–Trinajstić information content (AvgIpc) is 3.19. The van der Waals surface area contributed by atoms with Gasteiger partial charge in [0.05, 0.1) is 12.3 Å². The molecule has 1 N–H and O–H groups in total. The molecular weight excluding hydrogens is 699 g/mol. The molecule has 1 rings (SSSR count). The second kappa shape index (κ2) is 37.5. The highest BCUT2D eigenvalue weighted by Gasteiger charge is 2.28. The van der Waals surface area contributed by atoms with Gasteiger partial charge < -0.3 is 14.8 Å². The van der Waals surface area contributed by atoms with E-state index in [9.17, 15) is 19.2 Å². The Bertz CT molecular complexity index is 1180. The van der Waals surface area contributed by atoms with Crippen LogP contribution in [0.5, 0.6) is 0 Å². The van der Waals surface area contributed by atoms with Crippen LogP contribution in [-0.2, 0) is 28.7 Å². The Labute approximate surface area is 342 Å². The molecule has 56 heavy (non-hydrogen) atoms. The van der Waals surface area contributed by atoms with Crippen LogP contribution in [0.3, 0.4) is 0 Å². The third-order valence-corrected chi connectivity index (χ3v) is 10.4. The van der Waals surface area contributed by atoms with Crippen molar-refractivity contribution in [2.24, 2.45) is 5.92 Å². The molecule has 1 aromatic rings. The lowest BCUT2D eigenvalue weighted by atomic mass is 10.0. The van der Waals surface area contributed by atoms with Crippen LogP contribution < -0.4 is 5.32 Å². The monoisotopic (exact) mass is 780 g/mol. The molecule has 7 nitrogen and oxygen atoms in total. The molecule has 0 spiro atoms. The number of hydrogen-bond acceptors (Lipinski definition) is 7. The number of hydrogen-bond donors (Lipinski definition) is 1. The van der Waals surface area contributed by atoms with Crippen molar-refractivity contribution in [1.82, 2.24) is 5.32 Å². The van der Waals surface area contributed by atoms with Crippen molar-refractivity contribution in [3.8, 4) is 0 Å². The van der Waals surface area contributed by atoms with Crippen LogP contribution in [0.2, 0.25) is 0 Å². The van der Waals surface area contributed by atoms with Crippen LogP contribution >= 0.6 is 0 Å². The van der Waals surface area contributed by atoms with Gasteiger partial charge in [-0.3, -0.25) is 19.2 Å². The van der Waals surface area contributed by atoms with Gasteiger partial charge in [0.15, 0.2) is 0 Å². The Hall–Kier alpha value is -3.06. The summed E-state index contributed by atoms with van der Waals surface area (Å²) in [6.07, 6.45) is 39.4. The maximum atomic E-state index is 13.1. The smallest absolute Gasteiger partial charge is 0.318 e. The minimum atomic E-state index is -0.959. The second-order valence-corrected chi connectivity index (χ2v) is 15.7. The van der Waals surface area contributed by atoms with Gasteiger partial charge in [-0.05, 0) is 76.7 Å². The van der Waals surface area contributed by atoms with Gasteiger partial charge in [0.2, 0.25) is 0 Å². The van der Waals surface area contributed by atoms with Crippen LogP contribution in [0.1, 0.15) is 219 Å². The Morgan fingerprint density at radius 3 is 1.36 bits per heavy atom. The summed E-state index contributed by atoms with van der Waals surface area (Å²) in [5, 5.41) is 3.28. The van der Waals surface area contributed by atoms with Gasteiger partial charge in [0.25, 0.3) is 0 Å². The number of esters is 4. The molecule has 0 aliphatic rings. The van der Waals surface area contributed by atoms with Crippen molar-refractivity contribution in [3.05, 3.63) is 60.2 Å². The standard InChI is InChI=1S/C49H81NO6/c1-4-6-8-10-12-14-16-18-20-22-24-26-28-30-35-39-46(51)55-48(53)41-45(42-50-43(3)44-37-33-32-34-38-44)49(54)56-47(52)40-36-31-29-27-25-23-21-19-17-15-13-11-9-7-5-2/h18-21,32-34,37-38,43,45,50H,4-17,22-31,35-36,39-42H2,1-3H3. The number of rotatable bonds is 37. The second-order valence-electron chi connectivity index (χ2n) is 15.7. The lowest BCUT2D eigenvalue weighted by Gasteiger charge is -2.19. The van der Waals surface area contributed by atoms with E-state index < -0.39 is 29.8 Å². The van der Waals surface area contributed by atoms with Crippen LogP contribution in [0.15, 0.2) is 54.6 Å². The van der Waals surface area contributed by atoms with Gasteiger partial charge in [-0.2, -0.15) is 0 Å². The molecule has 2 atom stereocenters. The van der Waals surface area contributed by atoms with Crippen molar-refractivity contribution in [1.29, 1.82) is 0 Å². The molecule has 0 bridgehead atoms. The molecule has 0 aliphatic carbocycles. The van der Waals surface area contributed by atoms with Crippen LogP contribution in [0.4, 0.5) is 0 Å². The fraction of sp³-hybridized carbons (Fsp3) is 0.714. The molecule has 0 fully saturated rings. The number of benzene rings is 1. The van der Waals surface area contributed by atoms with Gasteiger partial charge in [0, 0.05) is 25.4 Å². The summed E-state index contributed by atoms with van der Waals surface area (Å²) >= 11 is 0. The fourth-order valence-corrected chi connectivity index (χ4v) is 6.77. The molecule has 0 aliphatic heterocycles. The minimum Gasteiger partial charge on any atom is -0.393 e. The van der Waals surface area contributed by atoms with Crippen molar-refractivity contribution in [2.75, 3.05) is 6.54 Å². The van der Waals surface area contributed by atoms with Crippen molar-refractivity contribution >= 4 is 23.9 Å². The highest BCUT2D eigenvalue weighted by Crippen LogP contribution is 2.17. The van der Waals surface area contributed by atoms with E-state index in [1.54, 1.807) is 0 Å². The highest BCUT2D eigenvalue weighted by atomic mass is 16.6. The molecule has 0 heterocycles. The van der Waals surface area contributed by atoms with Crippen molar-refractivity contribution in [3.63, 3.8) is 0 Å². The number of carbonyl (C=O) groups excluding carboxylic acids is 4. The zero-order valence-electron chi connectivity index (χ0n) is 36.0. The predicted octanol–water partition coefficient (Wildman–Crippen LogP) is 13.6. The summed E-state index contributed by atoms with van der Waals surface area (Å²) < 4.78 is 10.3. The predicted molar refractivity (Wildman–Crippen MR) is 232 cm³/mol. The number of ether oxygens (including phenoxy) is 2. The Balaban J connectivity index is 2.34. The summed E-state index contributed by atoms with van der Waals surface area (Å²) in [5.74, 6) is -3.66. The van der Waals surface area contributed by atoms with Crippen LogP contribution in [0.25, 0.3) is 0 Å². The molecule has 0 amide bonds. The third-order valence-electron chi connectivity index (χ3n) is 10.4. The summed E-state index contributed by atoms with van der Waals surface area (Å²) in [6, 6.07) is 9.66. The minimum absolute atomic E-state index is 0.100. The summed E-state index contributed by atoms with van der Waals surface area (Å²) in [6.45, 7) is 6.57. The Morgan fingerprint density at radius 2 is 0.911 bits per heavy atom. The van der Waals surface area contributed by atoms with E-state index in [1.165, 1.54) is 89.9 Å². The third kappa shape index (κ3) is 31.1. The fourth-order valence-electron chi connectivity index (χ4n) is 6.77. The zero-order chi connectivity index (χ0) is 40.7. The maximum Gasteiger partial charge on any atom is 0.318 e. The van der Waals surface area contributed by atoms with Crippen molar-refractivity contribution < 1.29 is 28.7 Å². The molecule has 2 unspecified atom stereocenters. The van der Waals surface area contributed by atoms with E-state index in [4.69, 9.17) is 9.47 Å². The van der Waals surface area contributed by atoms with E-state index >= 15 is 0 Å². The lowest BCUT2D eigenvalue weighted by Crippen LogP contribution is -2.34. The summed E-state index contributed by atoms with van der Waals surface area (Å²) in [4.78, 5) is 50.9. The SMILES string of the molecule is CCCCCCCCC=CCCCCCCCC(=O)OC(=O)CC(CNC(C)c1ccccc1)C(=O)OC(=O)CCCCCCCC=CCCCCCCCC. The first-order valence-corrected chi connectivity index (χ1v) is 22.9. The van der Waals surface area contributed by atoms with Gasteiger partial charge in [-0.1, -0.05) is 171 Å². The first kappa shape index (κ1) is 51.0. The molecule has 0 saturated heterocycles. The lowest BCUT2D eigenvalue weighted by molar-refractivity contribution is -0.168. The van der Waals surface area contributed by atoms with Crippen molar-refractivity contribution in [2.45, 2.75) is 213 Å².